The predicted octanol–water partition coefficient (Wildman–Crippen LogP) is 2.44. The Bertz CT molecular complexity index is 597. The summed E-state index contributed by atoms with van der Waals surface area (Å²) in [5.74, 6) is -0.855. The molecule has 0 atom stereocenters. The van der Waals surface area contributed by atoms with Crippen molar-refractivity contribution in [3.05, 3.63) is 36.0 Å². The highest BCUT2D eigenvalue weighted by molar-refractivity contribution is 6.02. The number of fused-ring (bicyclic) bond motifs is 1. The lowest BCUT2D eigenvalue weighted by Crippen LogP contribution is -2.24. The van der Waals surface area contributed by atoms with Crippen LogP contribution in [0.3, 0.4) is 0 Å². The third kappa shape index (κ3) is 2.36. The number of likely N-dealkylation sites (tertiary alicyclic amines) is 1. The maximum atomic E-state index is 11.3. The van der Waals surface area contributed by atoms with Gasteiger partial charge in [-0.25, -0.2) is 4.79 Å². The van der Waals surface area contributed by atoms with E-state index in [-0.39, 0.29) is 0 Å². The SMILES string of the molecule is O=C(O)c1cccc2ccn(CCN3CCCC3)c12. The van der Waals surface area contributed by atoms with E-state index in [1.807, 2.05) is 18.3 Å². The maximum absolute atomic E-state index is 11.3. The van der Waals surface area contributed by atoms with Crippen molar-refractivity contribution in [1.29, 1.82) is 0 Å². The Balaban J connectivity index is 1.88. The van der Waals surface area contributed by atoms with Gasteiger partial charge in [-0.1, -0.05) is 12.1 Å². The van der Waals surface area contributed by atoms with Crippen LogP contribution in [0.1, 0.15) is 23.2 Å². The molecule has 0 radical (unpaired) electrons. The van der Waals surface area contributed by atoms with Crippen molar-refractivity contribution in [2.24, 2.45) is 0 Å². The maximum Gasteiger partial charge on any atom is 0.337 e. The number of aromatic carboxylic acids is 1. The van der Waals surface area contributed by atoms with Gasteiger partial charge in [0.1, 0.15) is 0 Å². The van der Waals surface area contributed by atoms with Crippen LogP contribution in [0, 0.1) is 0 Å². The molecule has 1 N–H and O–H groups in total. The van der Waals surface area contributed by atoms with Crippen molar-refractivity contribution in [2.45, 2.75) is 19.4 Å². The fraction of sp³-hybridized carbons (Fsp3) is 0.400. The molecule has 2 aromatic rings. The van der Waals surface area contributed by atoms with Gasteiger partial charge in [0, 0.05) is 24.7 Å². The van der Waals surface area contributed by atoms with Crippen LogP contribution in [0.4, 0.5) is 0 Å². The topological polar surface area (TPSA) is 45.5 Å². The number of aromatic nitrogens is 1. The minimum absolute atomic E-state index is 0.393. The van der Waals surface area contributed by atoms with E-state index < -0.39 is 5.97 Å². The van der Waals surface area contributed by atoms with Gasteiger partial charge in [0.15, 0.2) is 0 Å². The monoisotopic (exact) mass is 258 g/mol. The number of carboxylic acids is 1. The Kier molecular flexibility index (Phi) is 3.25. The van der Waals surface area contributed by atoms with E-state index in [1.54, 1.807) is 12.1 Å². The standard InChI is InChI=1S/C15H18N2O2/c18-15(19)13-5-3-4-12-6-9-17(14(12)13)11-10-16-7-1-2-8-16/h3-6,9H,1-2,7-8,10-11H2,(H,18,19). The van der Waals surface area contributed by atoms with E-state index in [0.29, 0.717) is 5.56 Å². The lowest BCUT2D eigenvalue weighted by atomic mass is 10.1. The first-order valence-electron chi connectivity index (χ1n) is 6.79. The van der Waals surface area contributed by atoms with Gasteiger partial charge in [-0.05, 0) is 38.1 Å². The number of hydrogen-bond acceptors (Lipinski definition) is 2. The summed E-state index contributed by atoms with van der Waals surface area (Å²) in [4.78, 5) is 13.7. The van der Waals surface area contributed by atoms with E-state index in [4.69, 9.17) is 0 Å². The third-order valence-electron chi connectivity index (χ3n) is 3.87. The molecule has 3 rings (SSSR count). The lowest BCUT2D eigenvalue weighted by molar-refractivity contribution is 0.0698. The highest BCUT2D eigenvalue weighted by atomic mass is 16.4. The van der Waals surface area contributed by atoms with Crippen LogP contribution in [0.2, 0.25) is 0 Å². The normalized spacial score (nSPS) is 16.2. The molecule has 0 saturated carbocycles. The van der Waals surface area contributed by atoms with Gasteiger partial charge >= 0.3 is 5.97 Å². The Morgan fingerprint density at radius 1 is 1.16 bits per heavy atom. The van der Waals surface area contributed by atoms with Crippen LogP contribution >= 0.6 is 0 Å². The van der Waals surface area contributed by atoms with Crippen LogP contribution in [-0.2, 0) is 6.54 Å². The van der Waals surface area contributed by atoms with E-state index in [2.05, 4.69) is 9.47 Å². The molecule has 4 nitrogen and oxygen atoms in total. The zero-order valence-corrected chi connectivity index (χ0v) is 10.9. The summed E-state index contributed by atoms with van der Waals surface area (Å²) < 4.78 is 2.07. The number of rotatable bonds is 4. The first-order valence-corrected chi connectivity index (χ1v) is 6.79. The van der Waals surface area contributed by atoms with Crippen LogP contribution in [0.25, 0.3) is 10.9 Å². The predicted molar refractivity (Wildman–Crippen MR) is 74.6 cm³/mol. The molecule has 1 aromatic heterocycles. The van der Waals surface area contributed by atoms with Crippen molar-refractivity contribution in [3.8, 4) is 0 Å². The molecule has 0 spiro atoms. The molecule has 19 heavy (non-hydrogen) atoms. The van der Waals surface area contributed by atoms with Gasteiger partial charge in [-0.15, -0.1) is 0 Å². The second-order valence-corrected chi connectivity index (χ2v) is 5.11. The van der Waals surface area contributed by atoms with Crippen LogP contribution in [0.5, 0.6) is 0 Å². The highest BCUT2D eigenvalue weighted by Gasteiger charge is 2.14. The van der Waals surface area contributed by atoms with E-state index in [1.165, 1.54) is 25.9 Å². The van der Waals surface area contributed by atoms with Crippen molar-refractivity contribution < 1.29 is 9.90 Å². The molecule has 0 aliphatic carbocycles. The Hall–Kier alpha value is -1.81. The van der Waals surface area contributed by atoms with Crippen molar-refractivity contribution in [3.63, 3.8) is 0 Å². The van der Waals surface area contributed by atoms with Gasteiger partial charge in [-0.3, -0.25) is 0 Å². The van der Waals surface area contributed by atoms with Crippen molar-refractivity contribution in [1.82, 2.24) is 9.47 Å². The summed E-state index contributed by atoms with van der Waals surface area (Å²) >= 11 is 0. The fourth-order valence-electron chi connectivity index (χ4n) is 2.88. The Morgan fingerprint density at radius 2 is 1.95 bits per heavy atom. The molecule has 1 fully saturated rings. The highest BCUT2D eigenvalue weighted by Crippen LogP contribution is 2.20. The molecular weight excluding hydrogens is 240 g/mol. The van der Waals surface area contributed by atoms with Crippen LogP contribution in [0.15, 0.2) is 30.5 Å². The first-order chi connectivity index (χ1) is 9.25. The summed E-state index contributed by atoms with van der Waals surface area (Å²) in [5.41, 5.74) is 1.23. The van der Waals surface area contributed by atoms with Gasteiger partial charge in [-0.2, -0.15) is 0 Å². The molecule has 1 saturated heterocycles. The fourth-order valence-corrected chi connectivity index (χ4v) is 2.88. The summed E-state index contributed by atoms with van der Waals surface area (Å²) in [7, 11) is 0. The van der Waals surface area contributed by atoms with Gasteiger partial charge < -0.3 is 14.6 Å². The van der Waals surface area contributed by atoms with Gasteiger partial charge in [0.25, 0.3) is 0 Å². The quantitative estimate of drug-likeness (QED) is 0.916. The molecule has 0 unspecified atom stereocenters. The number of carbonyl (C=O) groups is 1. The summed E-state index contributed by atoms with van der Waals surface area (Å²) in [6.45, 7) is 4.20. The minimum atomic E-state index is -0.855. The molecule has 100 valence electrons. The molecule has 1 aliphatic heterocycles. The van der Waals surface area contributed by atoms with E-state index in [9.17, 15) is 9.90 Å². The van der Waals surface area contributed by atoms with E-state index in [0.717, 1.165) is 24.0 Å². The Labute approximate surface area is 112 Å². The van der Waals surface area contributed by atoms with Crippen LogP contribution in [-0.4, -0.2) is 40.2 Å². The number of carboxylic acid groups (broad SMARTS) is 1. The average molecular weight is 258 g/mol. The first kappa shape index (κ1) is 12.2. The average Bonchev–Trinajstić information content (AvgIpc) is 3.05. The molecule has 1 aliphatic rings. The number of benzene rings is 1. The smallest absolute Gasteiger partial charge is 0.337 e. The molecule has 0 bridgehead atoms. The second-order valence-electron chi connectivity index (χ2n) is 5.11. The van der Waals surface area contributed by atoms with Gasteiger partial charge in [0.05, 0.1) is 11.1 Å². The lowest BCUT2D eigenvalue weighted by Gasteiger charge is -2.15. The van der Waals surface area contributed by atoms with E-state index >= 15 is 0 Å². The summed E-state index contributed by atoms with van der Waals surface area (Å²) in [5, 5.41) is 10.3. The van der Waals surface area contributed by atoms with Crippen molar-refractivity contribution >= 4 is 16.9 Å². The summed E-state index contributed by atoms with van der Waals surface area (Å²) in [6.07, 6.45) is 4.56. The van der Waals surface area contributed by atoms with Gasteiger partial charge in [0.2, 0.25) is 0 Å². The molecule has 2 heterocycles. The molecular formula is C15H18N2O2. The van der Waals surface area contributed by atoms with Crippen LogP contribution < -0.4 is 0 Å². The zero-order chi connectivity index (χ0) is 13.2. The minimum Gasteiger partial charge on any atom is -0.478 e. The second kappa shape index (κ2) is 5.05. The number of nitrogens with zero attached hydrogens (tertiary/aromatic N) is 2. The molecule has 4 heteroatoms. The summed E-state index contributed by atoms with van der Waals surface area (Å²) in [6, 6.07) is 7.44. The largest absolute Gasteiger partial charge is 0.478 e. The zero-order valence-electron chi connectivity index (χ0n) is 10.9. The van der Waals surface area contributed by atoms with Crippen molar-refractivity contribution in [2.75, 3.05) is 19.6 Å². The molecule has 1 aromatic carbocycles. The number of hydrogen-bond donors (Lipinski definition) is 1. The number of para-hydroxylation sites is 1. The Morgan fingerprint density at radius 3 is 2.68 bits per heavy atom. The third-order valence-corrected chi connectivity index (χ3v) is 3.87. The molecule has 0 amide bonds.